The number of amides is 1. The molecular formula is C14H19FN2O4. The van der Waals surface area contributed by atoms with Gasteiger partial charge in [0.15, 0.2) is 0 Å². The van der Waals surface area contributed by atoms with Crippen LogP contribution in [-0.4, -0.2) is 29.1 Å². The van der Waals surface area contributed by atoms with Crippen LogP contribution in [0.5, 0.6) is 0 Å². The maximum absolute atomic E-state index is 13.4. The summed E-state index contributed by atoms with van der Waals surface area (Å²) in [6, 6.07) is 1.88. The van der Waals surface area contributed by atoms with Gasteiger partial charge < -0.3 is 10.4 Å². The zero-order chi connectivity index (χ0) is 16.2. The number of nitro benzene ring substituents is 1. The number of nitrogens with zero attached hydrogens (tertiary/aromatic N) is 1. The fourth-order valence-electron chi connectivity index (χ4n) is 1.96. The molecule has 1 aromatic carbocycles. The van der Waals surface area contributed by atoms with Crippen LogP contribution in [0.3, 0.4) is 0 Å². The Morgan fingerprint density at radius 2 is 2.10 bits per heavy atom. The molecule has 0 atom stereocenters. The normalized spacial score (nSPS) is 11.3. The zero-order valence-corrected chi connectivity index (χ0v) is 12.3. The van der Waals surface area contributed by atoms with E-state index >= 15 is 0 Å². The number of aryl methyl sites for hydroxylation is 1. The van der Waals surface area contributed by atoms with E-state index in [1.54, 1.807) is 0 Å². The minimum absolute atomic E-state index is 0.0257. The van der Waals surface area contributed by atoms with Crippen molar-refractivity contribution in [2.45, 2.75) is 27.2 Å². The van der Waals surface area contributed by atoms with Crippen LogP contribution in [0.1, 0.15) is 36.2 Å². The van der Waals surface area contributed by atoms with Crippen LogP contribution < -0.4 is 5.32 Å². The van der Waals surface area contributed by atoms with E-state index in [1.807, 2.05) is 13.8 Å². The van der Waals surface area contributed by atoms with Crippen molar-refractivity contribution in [3.8, 4) is 0 Å². The Morgan fingerprint density at radius 3 is 2.62 bits per heavy atom. The lowest BCUT2D eigenvalue weighted by atomic mass is 9.89. The molecule has 1 rings (SSSR count). The Balaban J connectivity index is 3.00. The first-order valence-corrected chi connectivity index (χ1v) is 6.51. The number of carbonyl (C=O) groups is 1. The van der Waals surface area contributed by atoms with Crippen molar-refractivity contribution in [1.82, 2.24) is 5.32 Å². The number of nitrogens with one attached hydrogen (secondary N) is 1. The quantitative estimate of drug-likeness (QED) is 0.622. The van der Waals surface area contributed by atoms with Crippen LogP contribution in [0.25, 0.3) is 0 Å². The summed E-state index contributed by atoms with van der Waals surface area (Å²) in [6.07, 6.45) is 0.470. The second-order valence-corrected chi connectivity index (χ2v) is 5.70. The number of aliphatic hydroxyl groups excluding tert-OH is 1. The van der Waals surface area contributed by atoms with Gasteiger partial charge in [-0.15, -0.1) is 0 Å². The first kappa shape index (κ1) is 17.0. The highest BCUT2D eigenvalue weighted by molar-refractivity contribution is 5.98. The number of hydrogen-bond donors (Lipinski definition) is 2. The summed E-state index contributed by atoms with van der Waals surface area (Å²) in [5, 5.41) is 22.5. The zero-order valence-electron chi connectivity index (χ0n) is 12.3. The van der Waals surface area contributed by atoms with Crippen LogP contribution in [0.2, 0.25) is 0 Å². The number of rotatable bonds is 6. The lowest BCUT2D eigenvalue weighted by Gasteiger charge is -2.23. The summed E-state index contributed by atoms with van der Waals surface area (Å²) in [6.45, 7) is 5.26. The van der Waals surface area contributed by atoms with Gasteiger partial charge in [0.05, 0.1) is 4.92 Å². The van der Waals surface area contributed by atoms with Gasteiger partial charge >= 0.3 is 0 Å². The van der Waals surface area contributed by atoms with Gasteiger partial charge in [-0.1, -0.05) is 13.8 Å². The van der Waals surface area contributed by atoms with Crippen LogP contribution >= 0.6 is 0 Å². The smallest absolute Gasteiger partial charge is 0.285 e. The average molecular weight is 298 g/mol. The maximum Gasteiger partial charge on any atom is 0.285 e. The van der Waals surface area contributed by atoms with E-state index in [4.69, 9.17) is 5.11 Å². The topological polar surface area (TPSA) is 92.5 Å². The highest BCUT2D eigenvalue weighted by Gasteiger charge is 2.26. The van der Waals surface area contributed by atoms with Crippen molar-refractivity contribution in [2.75, 3.05) is 13.2 Å². The van der Waals surface area contributed by atoms with Crippen LogP contribution in [-0.2, 0) is 0 Å². The third-order valence-corrected chi connectivity index (χ3v) is 3.21. The molecule has 0 aliphatic rings. The summed E-state index contributed by atoms with van der Waals surface area (Å²) in [5.74, 6) is -1.40. The van der Waals surface area contributed by atoms with Gasteiger partial charge in [-0.05, 0) is 30.9 Å². The molecule has 116 valence electrons. The molecule has 7 heteroatoms. The highest BCUT2D eigenvalue weighted by Crippen LogP contribution is 2.25. The molecule has 0 aliphatic heterocycles. The number of hydrogen-bond acceptors (Lipinski definition) is 4. The molecule has 1 amide bonds. The lowest BCUT2D eigenvalue weighted by molar-refractivity contribution is -0.385. The van der Waals surface area contributed by atoms with Gasteiger partial charge in [0.1, 0.15) is 11.4 Å². The molecule has 0 unspecified atom stereocenters. The molecule has 2 N–H and O–H groups in total. The molecule has 21 heavy (non-hydrogen) atoms. The lowest BCUT2D eigenvalue weighted by Crippen LogP contribution is -2.35. The maximum atomic E-state index is 13.4. The molecule has 0 spiro atoms. The molecular weight excluding hydrogens is 279 g/mol. The van der Waals surface area contributed by atoms with E-state index in [0.717, 1.165) is 12.1 Å². The van der Waals surface area contributed by atoms with Gasteiger partial charge in [-0.25, -0.2) is 4.39 Å². The molecule has 1 aromatic rings. The van der Waals surface area contributed by atoms with Crippen molar-refractivity contribution in [1.29, 1.82) is 0 Å². The van der Waals surface area contributed by atoms with Crippen molar-refractivity contribution in [3.05, 3.63) is 39.2 Å². The number of nitro groups is 1. The Morgan fingerprint density at radius 1 is 1.48 bits per heavy atom. The Labute approximate surface area is 122 Å². The molecule has 0 aromatic heterocycles. The summed E-state index contributed by atoms with van der Waals surface area (Å²) in [7, 11) is 0. The Kier molecular flexibility index (Phi) is 5.37. The van der Waals surface area contributed by atoms with E-state index in [-0.39, 0.29) is 29.7 Å². The summed E-state index contributed by atoms with van der Waals surface area (Å²) < 4.78 is 13.4. The summed E-state index contributed by atoms with van der Waals surface area (Å²) in [5.41, 5.74) is -0.951. The largest absolute Gasteiger partial charge is 0.396 e. The highest BCUT2D eigenvalue weighted by atomic mass is 19.1. The Hall–Kier alpha value is -2.02. The minimum atomic E-state index is -0.699. The second-order valence-electron chi connectivity index (χ2n) is 5.70. The first-order valence-electron chi connectivity index (χ1n) is 6.51. The number of benzene rings is 1. The molecule has 0 bridgehead atoms. The predicted molar refractivity (Wildman–Crippen MR) is 75.6 cm³/mol. The van der Waals surface area contributed by atoms with E-state index in [0.29, 0.717) is 6.42 Å². The first-order chi connectivity index (χ1) is 9.68. The molecule has 0 aliphatic carbocycles. The fraction of sp³-hybridized carbons (Fsp3) is 0.500. The number of carbonyl (C=O) groups excluding carboxylic acids is 1. The van der Waals surface area contributed by atoms with E-state index in [1.165, 1.54) is 6.92 Å². The molecule has 0 heterocycles. The van der Waals surface area contributed by atoms with Crippen molar-refractivity contribution < 1.29 is 19.2 Å². The van der Waals surface area contributed by atoms with Crippen LogP contribution in [0.4, 0.5) is 10.1 Å². The minimum Gasteiger partial charge on any atom is -0.396 e. The predicted octanol–water partition coefficient (Wildman–Crippen LogP) is 2.18. The monoisotopic (exact) mass is 298 g/mol. The van der Waals surface area contributed by atoms with Gasteiger partial charge in [0.25, 0.3) is 11.6 Å². The number of halogens is 1. The summed E-state index contributed by atoms with van der Waals surface area (Å²) in [4.78, 5) is 22.4. The Bertz CT molecular complexity index is 558. The standard InChI is InChI=1S/C14H19FN2O4/c1-9-6-10(15)7-11(12(9)17(20)21)13(19)16-8-14(2,3)4-5-18/h6-7,18H,4-5,8H2,1-3H3,(H,16,19). The van der Waals surface area contributed by atoms with Gasteiger partial charge in [-0.2, -0.15) is 0 Å². The third-order valence-electron chi connectivity index (χ3n) is 3.21. The summed E-state index contributed by atoms with van der Waals surface area (Å²) >= 11 is 0. The van der Waals surface area contributed by atoms with E-state index < -0.39 is 22.3 Å². The molecule has 0 radical (unpaired) electrons. The molecule has 0 saturated heterocycles. The fourth-order valence-corrected chi connectivity index (χ4v) is 1.96. The van der Waals surface area contributed by atoms with Crippen molar-refractivity contribution >= 4 is 11.6 Å². The van der Waals surface area contributed by atoms with Gasteiger partial charge in [0.2, 0.25) is 0 Å². The van der Waals surface area contributed by atoms with E-state index in [2.05, 4.69) is 5.32 Å². The molecule has 6 nitrogen and oxygen atoms in total. The van der Waals surface area contributed by atoms with Crippen molar-refractivity contribution in [3.63, 3.8) is 0 Å². The molecule has 0 fully saturated rings. The third kappa shape index (κ3) is 4.49. The second kappa shape index (κ2) is 6.62. The average Bonchev–Trinajstić information content (AvgIpc) is 2.34. The van der Waals surface area contributed by atoms with Crippen LogP contribution in [0, 0.1) is 28.3 Å². The van der Waals surface area contributed by atoms with Crippen LogP contribution in [0.15, 0.2) is 12.1 Å². The number of aliphatic hydroxyl groups is 1. The van der Waals surface area contributed by atoms with Crippen molar-refractivity contribution in [2.24, 2.45) is 5.41 Å². The van der Waals surface area contributed by atoms with Gasteiger partial charge in [-0.3, -0.25) is 14.9 Å². The van der Waals surface area contributed by atoms with E-state index in [9.17, 15) is 19.3 Å². The van der Waals surface area contributed by atoms with Gasteiger partial charge in [0, 0.05) is 18.7 Å². The molecule has 0 saturated carbocycles. The SMILES string of the molecule is Cc1cc(F)cc(C(=O)NCC(C)(C)CCO)c1[N+](=O)[O-].